The minimum atomic E-state index is -0.740. The molecule has 0 spiro atoms. The van der Waals surface area contributed by atoms with Gasteiger partial charge in [-0.1, -0.05) is 56.2 Å². The Labute approximate surface area is 126 Å². The molecule has 0 atom stereocenters. The fraction of sp³-hybridized carbons (Fsp3) is 0.389. The molecule has 0 amide bonds. The van der Waals surface area contributed by atoms with Crippen LogP contribution in [0.5, 0.6) is 0 Å². The van der Waals surface area contributed by atoms with Crippen LogP contribution >= 0.6 is 0 Å². The van der Waals surface area contributed by atoms with Crippen LogP contribution in [0.15, 0.2) is 42.5 Å². The van der Waals surface area contributed by atoms with Crippen molar-refractivity contribution in [1.29, 1.82) is 0 Å². The second kappa shape index (κ2) is 7.67. The molecule has 0 unspecified atom stereocenters. The second-order valence-electron chi connectivity index (χ2n) is 5.34. The molecule has 0 aliphatic heterocycles. The molecule has 112 valence electrons. The lowest BCUT2D eigenvalue weighted by atomic mass is 10.1. The quantitative estimate of drug-likeness (QED) is 0.735. The molecule has 3 heteroatoms. The summed E-state index contributed by atoms with van der Waals surface area (Å²) in [6.45, 7) is 3.65. The predicted octanol–water partition coefficient (Wildman–Crippen LogP) is 4.31. The van der Waals surface area contributed by atoms with Crippen LogP contribution in [0.4, 0.5) is 5.69 Å². The van der Waals surface area contributed by atoms with Gasteiger partial charge in [-0.3, -0.25) is 4.79 Å². The van der Waals surface area contributed by atoms with Crippen LogP contribution in [0.1, 0.15) is 32.6 Å². The van der Waals surface area contributed by atoms with E-state index >= 15 is 0 Å². The van der Waals surface area contributed by atoms with Crippen LogP contribution in [-0.4, -0.2) is 24.2 Å². The molecule has 3 nitrogen and oxygen atoms in total. The summed E-state index contributed by atoms with van der Waals surface area (Å²) in [6.07, 6.45) is 3.62. The van der Waals surface area contributed by atoms with Crippen molar-refractivity contribution in [2.24, 2.45) is 0 Å². The molecule has 0 saturated carbocycles. The van der Waals surface area contributed by atoms with E-state index in [-0.39, 0.29) is 6.42 Å². The molecule has 2 aromatic rings. The first-order chi connectivity index (χ1) is 10.2. The first-order valence-corrected chi connectivity index (χ1v) is 7.67. The fourth-order valence-electron chi connectivity index (χ4n) is 2.62. The van der Waals surface area contributed by atoms with Gasteiger partial charge in [-0.05, 0) is 17.9 Å². The van der Waals surface area contributed by atoms with Gasteiger partial charge >= 0.3 is 5.97 Å². The largest absolute Gasteiger partial charge is 0.481 e. The van der Waals surface area contributed by atoms with E-state index in [2.05, 4.69) is 36.1 Å². The Morgan fingerprint density at radius 3 is 2.57 bits per heavy atom. The molecule has 0 fully saturated rings. The number of hydrogen-bond donors (Lipinski definition) is 1. The summed E-state index contributed by atoms with van der Waals surface area (Å²) >= 11 is 0. The Kier molecular flexibility index (Phi) is 5.61. The van der Waals surface area contributed by atoms with Crippen molar-refractivity contribution in [1.82, 2.24) is 0 Å². The molecule has 1 N–H and O–H groups in total. The van der Waals surface area contributed by atoms with Gasteiger partial charge in [-0.25, -0.2) is 0 Å². The first kappa shape index (κ1) is 15.4. The summed E-state index contributed by atoms with van der Waals surface area (Å²) in [5.41, 5.74) is 1.14. The van der Waals surface area contributed by atoms with Crippen molar-refractivity contribution < 1.29 is 9.90 Å². The summed E-state index contributed by atoms with van der Waals surface area (Å²) < 4.78 is 0. The number of fused-ring (bicyclic) bond motifs is 1. The first-order valence-electron chi connectivity index (χ1n) is 7.67. The highest BCUT2D eigenvalue weighted by molar-refractivity contribution is 5.94. The van der Waals surface area contributed by atoms with E-state index in [4.69, 9.17) is 5.11 Å². The van der Waals surface area contributed by atoms with E-state index in [0.29, 0.717) is 6.54 Å². The number of aliphatic carboxylic acids is 1. The lowest BCUT2D eigenvalue weighted by Crippen LogP contribution is -2.27. The number of anilines is 1. The standard InChI is InChI=1S/C18H23NO2/c1-2-3-6-13-19(14-12-18(20)21)17-11-7-9-15-8-4-5-10-16(15)17/h4-5,7-11H,2-3,6,12-14H2,1H3,(H,20,21). The van der Waals surface area contributed by atoms with Crippen molar-refractivity contribution in [3.63, 3.8) is 0 Å². The molecule has 0 aromatic heterocycles. The Balaban J connectivity index is 2.26. The number of unbranched alkanes of at least 4 members (excludes halogenated alkanes) is 2. The highest BCUT2D eigenvalue weighted by Crippen LogP contribution is 2.27. The fourth-order valence-corrected chi connectivity index (χ4v) is 2.62. The highest BCUT2D eigenvalue weighted by atomic mass is 16.4. The minimum absolute atomic E-state index is 0.176. The van der Waals surface area contributed by atoms with Crippen molar-refractivity contribution in [3.05, 3.63) is 42.5 Å². The maximum Gasteiger partial charge on any atom is 0.305 e. The monoisotopic (exact) mass is 285 g/mol. The highest BCUT2D eigenvalue weighted by Gasteiger charge is 2.11. The Morgan fingerprint density at radius 1 is 1.05 bits per heavy atom. The number of nitrogens with zero attached hydrogens (tertiary/aromatic N) is 1. The number of carboxylic acid groups (broad SMARTS) is 1. The summed E-state index contributed by atoms with van der Waals surface area (Å²) in [5, 5.41) is 11.4. The summed E-state index contributed by atoms with van der Waals surface area (Å²) in [6, 6.07) is 14.5. The van der Waals surface area contributed by atoms with Crippen LogP contribution < -0.4 is 4.90 Å². The number of hydrogen-bond acceptors (Lipinski definition) is 2. The van der Waals surface area contributed by atoms with Gasteiger partial charge in [0.15, 0.2) is 0 Å². The van der Waals surface area contributed by atoms with Crippen LogP contribution in [-0.2, 0) is 4.79 Å². The molecule has 2 aromatic carbocycles. The van der Waals surface area contributed by atoms with Gasteiger partial charge in [0, 0.05) is 24.2 Å². The number of rotatable bonds is 8. The van der Waals surface area contributed by atoms with Gasteiger partial charge in [0.25, 0.3) is 0 Å². The van der Waals surface area contributed by atoms with Crippen LogP contribution in [0, 0.1) is 0 Å². The third kappa shape index (κ3) is 4.22. The Bertz CT molecular complexity index is 589. The van der Waals surface area contributed by atoms with E-state index in [9.17, 15) is 4.79 Å². The van der Waals surface area contributed by atoms with Crippen molar-refractivity contribution in [3.8, 4) is 0 Å². The molecular weight excluding hydrogens is 262 g/mol. The van der Waals surface area contributed by atoms with E-state index < -0.39 is 5.97 Å². The van der Waals surface area contributed by atoms with E-state index in [0.717, 1.165) is 18.7 Å². The van der Waals surface area contributed by atoms with E-state index in [1.165, 1.54) is 23.6 Å². The lowest BCUT2D eigenvalue weighted by Gasteiger charge is -2.25. The SMILES string of the molecule is CCCCCN(CCC(=O)O)c1cccc2ccccc12. The van der Waals surface area contributed by atoms with Crippen LogP contribution in [0.25, 0.3) is 10.8 Å². The molecule has 0 aliphatic carbocycles. The zero-order valence-electron chi connectivity index (χ0n) is 12.6. The maximum absolute atomic E-state index is 10.9. The average Bonchev–Trinajstić information content (AvgIpc) is 2.50. The number of carboxylic acids is 1. The molecular formula is C18H23NO2. The van der Waals surface area contributed by atoms with Gasteiger partial charge in [0.05, 0.1) is 6.42 Å². The smallest absolute Gasteiger partial charge is 0.305 e. The number of benzene rings is 2. The third-order valence-electron chi connectivity index (χ3n) is 3.73. The van der Waals surface area contributed by atoms with Crippen molar-refractivity contribution in [2.75, 3.05) is 18.0 Å². The van der Waals surface area contributed by atoms with Gasteiger partial charge < -0.3 is 10.0 Å². The average molecular weight is 285 g/mol. The van der Waals surface area contributed by atoms with Gasteiger partial charge in [-0.2, -0.15) is 0 Å². The second-order valence-corrected chi connectivity index (χ2v) is 5.34. The van der Waals surface area contributed by atoms with E-state index in [1.54, 1.807) is 0 Å². The van der Waals surface area contributed by atoms with E-state index in [1.807, 2.05) is 18.2 Å². The van der Waals surface area contributed by atoms with Crippen LogP contribution in [0.2, 0.25) is 0 Å². The molecule has 0 heterocycles. The van der Waals surface area contributed by atoms with Crippen molar-refractivity contribution >= 4 is 22.4 Å². The molecule has 0 radical (unpaired) electrons. The molecule has 2 rings (SSSR count). The van der Waals surface area contributed by atoms with Gasteiger partial charge in [-0.15, -0.1) is 0 Å². The molecule has 21 heavy (non-hydrogen) atoms. The lowest BCUT2D eigenvalue weighted by molar-refractivity contribution is -0.136. The predicted molar refractivity (Wildman–Crippen MR) is 87.9 cm³/mol. The normalized spacial score (nSPS) is 10.7. The van der Waals surface area contributed by atoms with Crippen LogP contribution in [0.3, 0.4) is 0 Å². The molecule has 0 saturated heterocycles. The molecule has 0 aliphatic rings. The topological polar surface area (TPSA) is 40.5 Å². The summed E-state index contributed by atoms with van der Waals surface area (Å²) in [7, 11) is 0. The zero-order valence-corrected chi connectivity index (χ0v) is 12.6. The minimum Gasteiger partial charge on any atom is -0.481 e. The maximum atomic E-state index is 10.9. The summed E-state index contributed by atoms with van der Waals surface area (Å²) in [5.74, 6) is -0.740. The Hall–Kier alpha value is -2.03. The zero-order chi connectivity index (χ0) is 15.1. The van der Waals surface area contributed by atoms with Gasteiger partial charge in [0.2, 0.25) is 0 Å². The third-order valence-corrected chi connectivity index (χ3v) is 3.73. The number of carbonyl (C=O) groups is 1. The summed E-state index contributed by atoms with van der Waals surface area (Å²) in [4.78, 5) is 13.1. The van der Waals surface area contributed by atoms with Crippen molar-refractivity contribution in [2.45, 2.75) is 32.6 Å². The van der Waals surface area contributed by atoms with Gasteiger partial charge in [0.1, 0.15) is 0 Å². The Morgan fingerprint density at radius 2 is 1.81 bits per heavy atom. The molecule has 0 bridgehead atoms.